The number of fused-ring (bicyclic) bond motifs is 3. The van der Waals surface area contributed by atoms with E-state index in [4.69, 9.17) is 19.2 Å². The first-order valence-corrected chi connectivity index (χ1v) is 20.5. The molecule has 0 radical (unpaired) electrons. The van der Waals surface area contributed by atoms with Gasteiger partial charge in [-0.1, -0.05) is 70.2 Å². The number of nitrogens with zero attached hydrogens (tertiary/aromatic N) is 4. The van der Waals surface area contributed by atoms with E-state index >= 15 is 0 Å². The van der Waals surface area contributed by atoms with E-state index < -0.39 is 42.4 Å². The summed E-state index contributed by atoms with van der Waals surface area (Å²) >= 11 is 0. The lowest BCUT2D eigenvalue weighted by molar-refractivity contribution is -0.136. The SMILES string of the molecule is COC(=O)N[C@@H]1C[C@@H](c2ncc(-c3ccc(-c4ccc5c(ccc6[nH]c([C@@H]7CCCN7C(=O)[C@@H](NC(=O)OC)C(C)C)nc65)c4)cc3)[nH]2)N(C(=O)[C@@H](NC(=O)OC)C(C)C)C1. The van der Waals surface area contributed by atoms with E-state index in [2.05, 4.69) is 55.2 Å². The highest BCUT2D eigenvalue weighted by molar-refractivity contribution is 6.05. The van der Waals surface area contributed by atoms with Gasteiger partial charge in [-0.25, -0.2) is 24.4 Å². The zero-order valence-electron chi connectivity index (χ0n) is 35.4. The van der Waals surface area contributed by atoms with E-state index in [1.807, 2.05) is 62.9 Å². The van der Waals surface area contributed by atoms with Crippen LogP contribution in [0.2, 0.25) is 0 Å². The van der Waals surface area contributed by atoms with Crippen molar-refractivity contribution in [2.75, 3.05) is 34.4 Å². The molecule has 17 nitrogen and oxygen atoms in total. The number of carbonyl (C=O) groups excluding carboxylic acids is 5. The number of aromatic amines is 2. The van der Waals surface area contributed by atoms with Crippen molar-refractivity contribution in [3.63, 3.8) is 0 Å². The molecule has 5 N–H and O–H groups in total. The van der Waals surface area contributed by atoms with Crippen molar-refractivity contribution in [1.29, 1.82) is 0 Å². The molecule has 2 aliphatic heterocycles. The summed E-state index contributed by atoms with van der Waals surface area (Å²) in [5.74, 6) is 0.436. The van der Waals surface area contributed by atoms with Crippen LogP contribution in [0.4, 0.5) is 14.4 Å². The minimum absolute atomic E-state index is 0.126. The van der Waals surface area contributed by atoms with Crippen molar-refractivity contribution >= 4 is 51.9 Å². The maximum absolute atomic E-state index is 13.9. The fraction of sp³-hybridized carbons (Fsp3) is 0.432. The highest BCUT2D eigenvalue weighted by Gasteiger charge is 2.42. The van der Waals surface area contributed by atoms with Gasteiger partial charge in [0.25, 0.3) is 0 Å². The zero-order chi connectivity index (χ0) is 43.5. The summed E-state index contributed by atoms with van der Waals surface area (Å²) in [7, 11) is 3.81. The molecular formula is C44H53N9O8. The first-order chi connectivity index (χ1) is 29.3. The van der Waals surface area contributed by atoms with Crippen LogP contribution in [-0.2, 0) is 23.8 Å². The van der Waals surface area contributed by atoms with Crippen LogP contribution >= 0.6 is 0 Å². The molecule has 5 amide bonds. The molecule has 2 aromatic heterocycles. The monoisotopic (exact) mass is 835 g/mol. The predicted octanol–water partition coefficient (Wildman–Crippen LogP) is 6.20. The second kappa shape index (κ2) is 17.9. The molecule has 2 saturated heterocycles. The van der Waals surface area contributed by atoms with E-state index in [0.717, 1.165) is 62.9 Å². The maximum Gasteiger partial charge on any atom is 0.407 e. The van der Waals surface area contributed by atoms with Gasteiger partial charge in [0.05, 0.1) is 62.4 Å². The van der Waals surface area contributed by atoms with Gasteiger partial charge < -0.3 is 49.9 Å². The predicted molar refractivity (Wildman–Crippen MR) is 227 cm³/mol. The summed E-state index contributed by atoms with van der Waals surface area (Å²) in [6, 6.07) is 15.7. The van der Waals surface area contributed by atoms with E-state index in [1.165, 1.54) is 21.3 Å². The van der Waals surface area contributed by atoms with Crippen LogP contribution in [0, 0.1) is 11.8 Å². The Bertz CT molecular complexity index is 2430. The fourth-order valence-corrected chi connectivity index (χ4v) is 8.39. The van der Waals surface area contributed by atoms with Crippen molar-refractivity contribution < 1.29 is 38.2 Å². The van der Waals surface area contributed by atoms with Gasteiger partial charge in [0.1, 0.15) is 23.7 Å². The Morgan fingerprint density at radius 1 is 0.721 bits per heavy atom. The number of nitrogens with one attached hydrogen (secondary N) is 5. The number of amides is 5. The molecule has 0 aliphatic carbocycles. The third kappa shape index (κ3) is 8.81. The normalized spacial score (nSPS) is 18.7. The number of likely N-dealkylation sites (tertiary alicyclic amines) is 2. The second-order valence-electron chi connectivity index (χ2n) is 16.3. The molecular weight excluding hydrogens is 783 g/mol. The number of ether oxygens (including phenoxy) is 3. The number of carbonyl (C=O) groups is 5. The smallest absolute Gasteiger partial charge is 0.407 e. The number of alkyl carbamates (subject to hydrolysis) is 3. The fourth-order valence-electron chi connectivity index (χ4n) is 8.39. The highest BCUT2D eigenvalue weighted by atomic mass is 16.5. The van der Waals surface area contributed by atoms with E-state index in [9.17, 15) is 24.0 Å². The summed E-state index contributed by atoms with van der Waals surface area (Å²) in [5.41, 5.74) is 5.38. The van der Waals surface area contributed by atoms with Crippen LogP contribution in [0.15, 0.2) is 60.8 Å². The summed E-state index contributed by atoms with van der Waals surface area (Å²) in [6.45, 7) is 8.24. The molecule has 322 valence electrons. The van der Waals surface area contributed by atoms with Crippen molar-refractivity contribution in [2.45, 2.75) is 77.2 Å². The van der Waals surface area contributed by atoms with Crippen LogP contribution in [0.25, 0.3) is 44.2 Å². The Balaban J connectivity index is 1.09. The minimum Gasteiger partial charge on any atom is -0.453 e. The van der Waals surface area contributed by atoms with Crippen LogP contribution in [-0.4, -0.2) is 112 Å². The molecule has 0 spiro atoms. The molecule has 4 heterocycles. The Kier molecular flexibility index (Phi) is 12.5. The van der Waals surface area contributed by atoms with Crippen molar-refractivity contribution in [3.8, 4) is 22.4 Å². The number of aromatic nitrogens is 4. The Labute approximate surface area is 353 Å². The molecule has 7 rings (SSSR count). The minimum atomic E-state index is -0.853. The van der Waals surface area contributed by atoms with Crippen molar-refractivity contribution in [1.82, 2.24) is 45.7 Å². The largest absolute Gasteiger partial charge is 0.453 e. The lowest BCUT2D eigenvalue weighted by atomic mass is 9.99. The van der Waals surface area contributed by atoms with Crippen molar-refractivity contribution in [2.24, 2.45) is 11.8 Å². The Morgan fingerprint density at radius 3 is 1.98 bits per heavy atom. The van der Waals surface area contributed by atoms with Gasteiger partial charge in [0, 0.05) is 18.5 Å². The number of imidazole rings is 2. The summed E-state index contributed by atoms with van der Waals surface area (Å²) in [4.78, 5) is 84.0. The number of rotatable bonds is 11. The van der Waals surface area contributed by atoms with Crippen LogP contribution in [0.1, 0.15) is 70.7 Å². The quantitative estimate of drug-likeness (QED) is 0.0951. The molecule has 3 aromatic carbocycles. The molecule has 0 saturated carbocycles. The van der Waals surface area contributed by atoms with Crippen LogP contribution < -0.4 is 16.0 Å². The maximum atomic E-state index is 13.9. The standard InChI is InChI=1S/C44H53N9O8/c1-23(2)35(50-43(57)60-6)40(54)52-18-8-9-33(52)39-47-31-17-15-28-19-27(14-16-30(28)37(31)49-39)25-10-12-26(13-11-25)32-21-45-38(48-32)34-20-29(46-42(56)59-5)22-53(34)41(55)36(24(3)4)51-44(58)61-7/h10-17,19,21,23-24,29,33-36H,8-9,18,20,22H2,1-7H3,(H,45,48)(H,46,56)(H,47,49)(H,50,57)(H,51,58)/t29-,33+,34+,35+,36+/m1/s1. The topological polar surface area (TPSA) is 213 Å². The van der Waals surface area contributed by atoms with Gasteiger partial charge in [-0.05, 0) is 65.3 Å². The number of hydrogen-bond donors (Lipinski definition) is 5. The average molecular weight is 836 g/mol. The molecule has 0 bridgehead atoms. The molecule has 2 aliphatic rings. The molecule has 2 fully saturated rings. The molecule has 5 atom stereocenters. The number of methoxy groups -OCH3 is 3. The molecule has 5 aromatic rings. The van der Waals surface area contributed by atoms with Gasteiger partial charge in [0.2, 0.25) is 11.8 Å². The third-order valence-corrected chi connectivity index (χ3v) is 11.7. The Morgan fingerprint density at radius 2 is 1.34 bits per heavy atom. The Hall–Kier alpha value is -6.65. The van der Waals surface area contributed by atoms with E-state index in [0.29, 0.717) is 18.8 Å². The van der Waals surface area contributed by atoms with Gasteiger partial charge in [0.15, 0.2) is 0 Å². The molecule has 0 unspecified atom stereocenters. The van der Waals surface area contributed by atoms with Gasteiger partial charge in [-0.15, -0.1) is 0 Å². The van der Waals surface area contributed by atoms with Crippen LogP contribution in [0.3, 0.4) is 0 Å². The highest BCUT2D eigenvalue weighted by Crippen LogP contribution is 2.37. The van der Waals surface area contributed by atoms with Gasteiger partial charge in [-0.3, -0.25) is 9.59 Å². The lowest BCUT2D eigenvalue weighted by Crippen LogP contribution is -2.51. The van der Waals surface area contributed by atoms with E-state index in [1.54, 1.807) is 11.1 Å². The van der Waals surface area contributed by atoms with Gasteiger partial charge in [-0.2, -0.15) is 0 Å². The van der Waals surface area contributed by atoms with Crippen molar-refractivity contribution in [3.05, 3.63) is 72.4 Å². The summed E-state index contributed by atoms with van der Waals surface area (Å²) in [6.07, 6.45) is 1.75. The number of hydrogen-bond acceptors (Lipinski definition) is 10. The molecule has 61 heavy (non-hydrogen) atoms. The zero-order valence-corrected chi connectivity index (χ0v) is 35.4. The van der Waals surface area contributed by atoms with Crippen LogP contribution in [0.5, 0.6) is 0 Å². The van der Waals surface area contributed by atoms with Gasteiger partial charge >= 0.3 is 18.3 Å². The number of benzene rings is 3. The average Bonchev–Trinajstić information content (AvgIpc) is 4.10. The summed E-state index contributed by atoms with van der Waals surface area (Å²) in [5, 5.41) is 10.2. The first kappa shape index (κ1) is 42.5. The lowest BCUT2D eigenvalue weighted by Gasteiger charge is -2.29. The number of H-pyrrole nitrogens is 2. The molecule has 17 heteroatoms. The van der Waals surface area contributed by atoms with E-state index in [-0.39, 0.29) is 36.2 Å². The second-order valence-corrected chi connectivity index (χ2v) is 16.3. The first-order valence-electron chi connectivity index (χ1n) is 20.5. The third-order valence-electron chi connectivity index (χ3n) is 11.7. The summed E-state index contributed by atoms with van der Waals surface area (Å²) < 4.78 is 14.4.